The summed E-state index contributed by atoms with van der Waals surface area (Å²) in [6.45, 7) is 0.739. The lowest BCUT2D eigenvalue weighted by atomic mass is 10.2. The zero-order chi connectivity index (χ0) is 16.9. The smallest absolute Gasteiger partial charge is 0.329 e. The van der Waals surface area contributed by atoms with E-state index < -0.39 is 6.04 Å². The van der Waals surface area contributed by atoms with E-state index in [0.29, 0.717) is 18.5 Å². The van der Waals surface area contributed by atoms with Crippen molar-refractivity contribution in [1.29, 1.82) is 0 Å². The molecule has 6 heteroatoms. The molecule has 0 aliphatic carbocycles. The second-order valence-corrected chi connectivity index (χ2v) is 6.00. The van der Waals surface area contributed by atoms with E-state index >= 15 is 0 Å². The first-order valence-corrected chi connectivity index (χ1v) is 8.16. The average molecular weight is 345 g/mol. The molecule has 124 valence electrons. The lowest BCUT2D eigenvalue weighted by molar-refractivity contribution is -0.149. The third-order valence-corrected chi connectivity index (χ3v) is 4.19. The molecule has 1 atom stereocenters. The van der Waals surface area contributed by atoms with Crippen molar-refractivity contribution in [3.8, 4) is 0 Å². The SMILES string of the molecule is O=C(OCc1ccccc1)[C@@H]1CCCN1C(=O)c1ccnc(Cl)c1. The molecule has 24 heavy (non-hydrogen) atoms. The first kappa shape index (κ1) is 16.5. The molecule has 2 aromatic rings. The molecule has 1 aliphatic rings. The fraction of sp³-hybridized carbons (Fsp3) is 0.278. The summed E-state index contributed by atoms with van der Waals surface area (Å²) >= 11 is 5.84. The lowest BCUT2D eigenvalue weighted by Crippen LogP contribution is -2.41. The van der Waals surface area contributed by atoms with Gasteiger partial charge in [0.05, 0.1) is 0 Å². The molecule has 1 fully saturated rings. The molecule has 3 rings (SSSR count). The van der Waals surface area contributed by atoms with Crippen LogP contribution in [0.1, 0.15) is 28.8 Å². The van der Waals surface area contributed by atoms with Crippen LogP contribution in [0.3, 0.4) is 0 Å². The standard InChI is InChI=1S/C18H17ClN2O3/c19-16-11-14(8-9-20-16)17(22)21-10-4-7-15(21)18(23)24-12-13-5-2-1-3-6-13/h1-3,5-6,8-9,11,15H,4,7,10,12H2/t15-/m0/s1. The van der Waals surface area contributed by atoms with Crippen molar-refractivity contribution in [2.45, 2.75) is 25.5 Å². The number of hydrogen-bond donors (Lipinski definition) is 0. The number of amides is 1. The molecule has 1 aromatic heterocycles. The number of nitrogens with zero attached hydrogens (tertiary/aromatic N) is 2. The first-order valence-electron chi connectivity index (χ1n) is 7.78. The number of halogens is 1. The van der Waals surface area contributed by atoms with E-state index in [1.807, 2.05) is 30.3 Å². The number of aromatic nitrogens is 1. The highest BCUT2D eigenvalue weighted by Crippen LogP contribution is 2.22. The fourth-order valence-electron chi connectivity index (χ4n) is 2.78. The Morgan fingerprint density at radius 2 is 2.04 bits per heavy atom. The summed E-state index contributed by atoms with van der Waals surface area (Å²) in [7, 11) is 0. The van der Waals surface area contributed by atoms with Gasteiger partial charge in [-0.1, -0.05) is 41.9 Å². The van der Waals surface area contributed by atoms with Crippen LogP contribution in [0.4, 0.5) is 0 Å². The van der Waals surface area contributed by atoms with Crippen molar-refractivity contribution in [2.24, 2.45) is 0 Å². The van der Waals surface area contributed by atoms with Gasteiger partial charge in [-0.3, -0.25) is 4.79 Å². The molecular formula is C18H17ClN2O3. The van der Waals surface area contributed by atoms with E-state index in [4.69, 9.17) is 16.3 Å². The molecule has 5 nitrogen and oxygen atoms in total. The summed E-state index contributed by atoms with van der Waals surface area (Å²) < 4.78 is 5.38. The Labute approximate surface area is 145 Å². The number of hydrogen-bond acceptors (Lipinski definition) is 4. The van der Waals surface area contributed by atoms with Crippen molar-refractivity contribution in [1.82, 2.24) is 9.88 Å². The van der Waals surface area contributed by atoms with Crippen LogP contribution in [0.15, 0.2) is 48.7 Å². The normalized spacial score (nSPS) is 16.9. The average Bonchev–Trinajstić information content (AvgIpc) is 3.09. The Balaban J connectivity index is 1.66. The van der Waals surface area contributed by atoms with E-state index in [1.54, 1.807) is 11.0 Å². The summed E-state index contributed by atoms with van der Waals surface area (Å²) in [5, 5.41) is 0.253. The minimum absolute atomic E-state index is 0.208. The minimum Gasteiger partial charge on any atom is -0.459 e. The second kappa shape index (κ2) is 7.45. The van der Waals surface area contributed by atoms with Crippen LogP contribution in [0.5, 0.6) is 0 Å². The summed E-state index contributed by atoms with van der Waals surface area (Å²) in [6, 6.07) is 12.0. The van der Waals surface area contributed by atoms with Gasteiger partial charge < -0.3 is 9.64 Å². The maximum absolute atomic E-state index is 12.6. The van der Waals surface area contributed by atoms with Crippen LogP contribution >= 0.6 is 11.6 Å². The Hall–Kier alpha value is -2.40. The third-order valence-electron chi connectivity index (χ3n) is 3.98. The van der Waals surface area contributed by atoms with Crippen LogP contribution in [0, 0.1) is 0 Å². The van der Waals surface area contributed by atoms with Gasteiger partial charge in [-0.2, -0.15) is 0 Å². The number of benzene rings is 1. The highest BCUT2D eigenvalue weighted by Gasteiger charge is 2.35. The molecule has 0 radical (unpaired) electrons. The van der Waals surface area contributed by atoms with E-state index in [0.717, 1.165) is 12.0 Å². The van der Waals surface area contributed by atoms with Crippen molar-refractivity contribution in [3.63, 3.8) is 0 Å². The number of pyridine rings is 1. The summed E-state index contributed by atoms with van der Waals surface area (Å²) in [6.07, 6.45) is 2.86. The van der Waals surface area contributed by atoms with Crippen molar-refractivity contribution >= 4 is 23.5 Å². The minimum atomic E-state index is -0.548. The third kappa shape index (κ3) is 3.74. The Kier molecular flexibility index (Phi) is 5.11. The molecular weight excluding hydrogens is 328 g/mol. The van der Waals surface area contributed by atoms with Gasteiger partial charge in [0.15, 0.2) is 0 Å². The predicted molar refractivity (Wildman–Crippen MR) is 89.5 cm³/mol. The van der Waals surface area contributed by atoms with Crippen LogP contribution < -0.4 is 0 Å². The highest BCUT2D eigenvalue weighted by molar-refractivity contribution is 6.29. The molecule has 1 saturated heterocycles. The predicted octanol–water partition coefficient (Wildman–Crippen LogP) is 3.08. The van der Waals surface area contributed by atoms with E-state index in [9.17, 15) is 9.59 Å². The lowest BCUT2D eigenvalue weighted by Gasteiger charge is -2.23. The Morgan fingerprint density at radius 3 is 2.79 bits per heavy atom. The van der Waals surface area contributed by atoms with Crippen molar-refractivity contribution < 1.29 is 14.3 Å². The fourth-order valence-corrected chi connectivity index (χ4v) is 2.95. The quantitative estimate of drug-likeness (QED) is 0.631. The van der Waals surface area contributed by atoms with Crippen LogP contribution in [0.25, 0.3) is 0 Å². The van der Waals surface area contributed by atoms with Gasteiger partial charge in [0.25, 0.3) is 5.91 Å². The molecule has 1 amide bonds. The number of rotatable bonds is 4. The van der Waals surface area contributed by atoms with Gasteiger partial charge in [0.2, 0.25) is 0 Å². The van der Waals surface area contributed by atoms with Crippen LogP contribution in [-0.4, -0.2) is 34.3 Å². The van der Waals surface area contributed by atoms with Crippen LogP contribution in [-0.2, 0) is 16.1 Å². The maximum Gasteiger partial charge on any atom is 0.329 e. The maximum atomic E-state index is 12.6. The van der Waals surface area contributed by atoms with Gasteiger partial charge in [-0.05, 0) is 30.5 Å². The molecule has 2 heterocycles. The number of carbonyl (C=O) groups excluding carboxylic acids is 2. The number of likely N-dealkylation sites (tertiary alicyclic amines) is 1. The number of ether oxygens (including phenoxy) is 1. The number of esters is 1. The van der Waals surface area contributed by atoms with E-state index in [2.05, 4.69) is 4.98 Å². The van der Waals surface area contributed by atoms with Gasteiger partial charge in [-0.15, -0.1) is 0 Å². The number of carbonyl (C=O) groups is 2. The van der Waals surface area contributed by atoms with E-state index in [-0.39, 0.29) is 23.6 Å². The zero-order valence-corrected chi connectivity index (χ0v) is 13.8. The molecule has 1 aliphatic heterocycles. The molecule has 0 spiro atoms. The highest BCUT2D eigenvalue weighted by atomic mass is 35.5. The molecule has 0 saturated carbocycles. The Morgan fingerprint density at radius 1 is 1.25 bits per heavy atom. The largest absolute Gasteiger partial charge is 0.459 e. The first-order chi connectivity index (χ1) is 11.6. The zero-order valence-electron chi connectivity index (χ0n) is 13.0. The Bertz CT molecular complexity index is 736. The molecule has 0 unspecified atom stereocenters. The monoisotopic (exact) mass is 344 g/mol. The van der Waals surface area contributed by atoms with E-state index in [1.165, 1.54) is 12.3 Å². The summed E-state index contributed by atoms with van der Waals surface area (Å²) in [5.41, 5.74) is 1.35. The van der Waals surface area contributed by atoms with Gasteiger partial charge >= 0.3 is 5.97 Å². The summed E-state index contributed by atoms with van der Waals surface area (Å²) in [4.78, 5) is 30.4. The molecule has 0 N–H and O–H groups in total. The van der Waals surface area contributed by atoms with Crippen molar-refractivity contribution in [2.75, 3.05) is 6.54 Å². The van der Waals surface area contributed by atoms with Crippen LogP contribution in [0.2, 0.25) is 5.15 Å². The molecule has 0 bridgehead atoms. The van der Waals surface area contributed by atoms with Gasteiger partial charge in [-0.25, -0.2) is 9.78 Å². The van der Waals surface area contributed by atoms with Crippen molar-refractivity contribution in [3.05, 3.63) is 64.9 Å². The van der Waals surface area contributed by atoms with Gasteiger partial charge in [0.1, 0.15) is 17.8 Å². The topological polar surface area (TPSA) is 59.5 Å². The van der Waals surface area contributed by atoms with Gasteiger partial charge in [0, 0.05) is 18.3 Å². The second-order valence-electron chi connectivity index (χ2n) is 5.62. The molecule has 1 aromatic carbocycles. The summed E-state index contributed by atoms with van der Waals surface area (Å²) in [5.74, 6) is -0.594.